The van der Waals surface area contributed by atoms with Crippen molar-refractivity contribution in [2.24, 2.45) is 0 Å². The van der Waals surface area contributed by atoms with E-state index in [1.165, 1.54) is 6.33 Å². The number of imidazole rings is 1. The fraction of sp³-hybridized carbons (Fsp3) is 0.351. The Morgan fingerprint density at radius 3 is 2.32 bits per heavy atom. The molecule has 5 rings (SSSR count). The molecular weight excluding hydrogens is 594 g/mol. The molecule has 10 nitrogen and oxygen atoms in total. The average Bonchev–Trinajstić information content (AvgIpc) is 3.59. The molecule has 4 aromatic rings. The number of amides is 3. The summed E-state index contributed by atoms with van der Waals surface area (Å²) in [5, 5.41) is 5.84. The molecule has 0 spiro atoms. The van der Waals surface area contributed by atoms with Crippen LogP contribution in [0.4, 0.5) is 0 Å². The maximum absolute atomic E-state index is 14.2. The van der Waals surface area contributed by atoms with Crippen molar-refractivity contribution in [2.75, 3.05) is 26.8 Å². The van der Waals surface area contributed by atoms with Crippen molar-refractivity contribution in [1.29, 1.82) is 0 Å². The topological polar surface area (TPSA) is 126 Å². The van der Waals surface area contributed by atoms with Crippen LogP contribution in [0.1, 0.15) is 52.5 Å². The number of aromatic amines is 1. The standard InChI is InChI=1S/C37H43N5O5/c1-4-5-19-47-37(31-14-10-9-11-26(31)2)23-42(24-37)36(45)33(20-27-15-17-30(46-3)18-16-27)41-35(44)32(21-29-22-38-25-39-29)40-34(43)28-12-7-6-8-13-28/h6-18,22,25,32-33H,4-5,19-21,23-24H2,1-3H3,(H,38,39)(H,40,43)(H,41,44). The lowest BCUT2D eigenvalue weighted by Crippen LogP contribution is -2.66. The van der Waals surface area contributed by atoms with Gasteiger partial charge in [-0.25, -0.2) is 4.98 Å². The zero-order valence-corrected chi connectivity index (χ0v) is 27.2. The number of hydrogen-bond donors (Lipinski definition) is 3. The molecular formula is C37H43N5O5. The zero-order valence-electron chi connectivity index (χ0n) is 27.2. The van der Waals surface area contributed by atoms with Crippen LogP contribution in [0.5, 0.6) is 5.75 Å². The van der Waals surface area contributed by atoms with Crippen molar-refractivity contribution in [3.63, 3.8) is 0 Å². The van der Waals surface area contributed by atoms with E-state index in [-0.39, 0.29) is 18.7 Å². The molecule has 3 aromatic carbocycles. The maximum atomic E-state index is 14.2. The van der Waals surface area contributed by atoms with Crippen LogP contribution in [-0.2, 0) is 32.8 Å². The van der Waals surface area contributed by atoms with Crippen molar-refractivity contribution >= 4 is 17.7 Å². The number of carbonyl (C=O) groups excluding carboxylic acids is 3. The third-order valence-corrected chi connectivity index (χ3v) is 8.56. The summed E-state index contributed by atoms with van der Waals surface area (Å²) in [4.78, 5) is 50.2. The van der Waals surface area contributed by atoms with E-state index in [0.717, 1.165) is 29.5 Å². The van der Waals surface area contributed by atoms with E-state index in [9.17, 15) is 14.4 Å². The van der Waals surface area contributed by atoms with Crippen molar-refractivity contribution in [1.82, 2.24) is 25.5 Å². The van der Waals surface area contributed by atoms with Crippen LogP contribution >= 0.6 is 0 Å². The molecule has 246 valence electrons. The Morgan fingerprint density at radius 1 is 0.936 bits per heavy atom. The molecule has 1 saturated heterocycles. The minimum absolute atomic E-state index is 0.142. The fourth-order valence-electron chi connectivity index (χ4n) is 5.90. The number of carbonyl (C=O) groups is 3. The van der Waals surface area contributed by atoms with Crippen LogP contribution < -0.4 is 15.4 Å². The molecule has 0 saturated carbocycles. The van der Waals surface area contributed by atoms with Gasteiger partial charge in [0.05, 0.1) is 32.2 Å². The molecule has 2 atom stereocenters. The second-order valence-corrected chi connectivity index (χ2v) is 12.0. The molecule has 0 bridgehead atoms. The lowest BCUT2D eigenvalue weighted by Gasteiger charge is -2.51. The highest BCUT2D eigenvalue weighted by Crippen LogP contribution is 2.38. The van der Waals surface area contributed by atoms with Crippen molar-refractivity contribution in [3.05, 3.63) is 119 Å². The van der Waals surface area contributed by atoms with E-state index in [0.29, 0.717) is 36.7 Å². The number of unbranched alkanes of at least 4 members (excludes halogenated alkanes) is 1. The minimum atomic E-state index is -0.975. The number of rotatable bonds is 15. The molecule has 0 radical (unpaired) electrons. The number of methoxy groups -OCH3 is 1. The fourth-order valence-corrected chi connectivity index (χ4v) is 5.90. The lowest BCUT2D eigenvalue weighted by molar-refractivity contribution is -0.175. The molecule has 1 fully saturated rings. The Morgan fingerprint density at radius 2 is 1.66 bits per heavy atom. The SMILES string of the molecule is CCCCOC1(c2ccccc2C)CN(C(=O)C(Cc2ccc(OC)cc2)NC(=O)C(Cc2c[nH]cn2)NC(=O)c2ccccc2)C1. The Hall–Kier alpha value is -4.96. The van der Waals surface area contributed by atoms with Gasteiger partial charge in [-0.05, 0) is 54.3 Å². The van der Waals surface area contributed by atoms with Crippen LogP contribution in [0.25, 0.3) is 0 Å². The summed E-state index contributed by atoms with van der Waals surface area (Å²) < 4.78 is 11.8. The van der Waals surface area contributed by atoms with E-state index in [4.69, 9.17) is 9.47 Å². The second kappa shape index (κ2) is 15.6. The number of nitrogens with zero attached hydrogens (tertiary/aromatic N) is 2. The normalized spacial score (nSPS) is 14.8. The highest BCUT2D eigenvalue weighted by atomic mass is 16.5. The van der Waals surface area contributed by atoms with E-state index in [2.05, 4.69) is 46.6 Å². The van der Waals surface area contributed by atoms with Gasteiger partial charge < -0.3 is 30.0 Å². The highest BCUT2D eigenvalue weighted by molar-refractivity contribution is 5.98. The molecule has 3 N–H and O–H groups in total. The van der Waals surface area contributed by atoms with Gasteiger partial charge in [-0.2, -0.15) is 0 Å². The molecule has 0 aliphatic carbocycles. The summed E-state index contributed by atoms with van der Waals surface area (Å²) in [7, 11) is 1.60. The highest BCUT2D eigenvalue weighted by Gasteiger charge is 2.49. The second-order valence-electron chi connectivity index (χ2n) is 12.0. The predicted octanol–water partition coefficient (Wildman–Crippen LogP) is 4.35. The Balaban J connectivity index is 1.38. The van der Waals surface area contributed by atoms with Gasteiger partial charge >= 0.3 is 0 Å². The van der Waals surface area contributed by atoms with Gasteiger partial charge in [0, 0.05) is 31.2 Å². The molecule has 47 heavy (non-hydrogen) atoms. The van der Waals surface area contributed by atoms with Crippen LogP contribution in [0.15, 0.2) is 91.4 Å². The van der Waals surface area contributed by atoms with Crippen LogP contribution in [-0.4, -0.2) is 71.5 Å². The summed E-state index contributed by atoms with van der Waals surface area (Å²) in [5.74, 6) is -0.396. The van der Waals surface area contributed by atoms with Gasteiger partial charge in [0.25, 0.3) is 5.91 Å². The molecule has 2 heterocycles. The van der Waals surface area contributed by atoms with Gasteiger partial charge in [0.1, 0.15) is 23.4 Å². The number of aryl methyl sites for hydroxylation is 1. The van der Waals surface area contributed by atoms with Gasteiger partial charge in [-0.3, -0.25) is 14.4 Å². The monoisotopic (exact) mass is 637 g/mol. The molecule has 1 aromatic heterocycles. The first kappa shape index (κ1) is 33.4. The van der Waals surface area contributed by atoms with Crippen LogP contribution in [0, 0.1) is 6.92 Å². The van der Waals surface area contributed by atoms with Gasteiger partial charge in [-0.1, -0.05) is 67.9 Å². The molecule has 1 aliphatic rings. The summed E-state index contributed by atoms with van der Waals surface area (Å²) in [6.07, 6.45) is 5.52. The van der Waals surface area contributed by atoms with Gasteiger partial charge in [0.15, 0.2) is 0 Å². The smallest absolute Gasteiger partial charge is 0.251 e. The first-order valence-electron chi connectivity index (χ1n) is 16.1. The van der Waals surface area contributed by atoms with Crippen LogP contribution in [0.3, 0.4) is 0 Å². The lowest BCUT2D eigenvalue weighted by atomic mass is 9.82. The predicted molar refractivity (Wildman–Crippen MR) is 179 cm³/mol. The van der Waals surface area contributed by atoms with E-state index in [1.54, 1.807) is 42.5 Å². The van der Waals surface area contributed by atoms with E-state index < -0.39 is 29.5 Å². The number of hydrogen-bond acceptors (Lipinski definition) is 6. The molecule has 10 heteroatoms. The number of nitrogens with one attached hydrogen (secondary N) is 3. The quantitative estimate of drug-likeness (QED) is 0.167. The summed E-state index contributed by atoms with van der Waals surface area (Å²) in [6.45, 7) is 5.51. The molecule has 3 amide bonds. The van der Waals surface area contributed by atoms with Gasteiger partial charge in [-0.15, -0.1) is 0 Å². The van der Waals surface area contributed by atoms with Crippen molar-refractivity contribution in [3.8, 4) is 5.75 Å². The summed E-state index contributed by atoms with van der Waals surface area (Å²) in [6, 6.07) is 22.4. The summed E-state index contributed by atoms with van der Waals surface area (Å²) in [5.41, 5.74) is 3.44. The summed E-state index contributed by atoms with van der Waals surface area (Å²) >= 11 is 0. The van der Waals surface area contributed by atoms with E-state index >= 15 is 0 Å². The van der Waals surface area contributed by atoms with Crippen molar-refractivity contribution < 1.29 is 23.9 Å². The molecule has 1 aliphatic heterocycles. The minimum Gasteiger partial charge on any atom is -0.497 e. The number of H-pyrrole nitrogens is 1. The Bertz CT molecular complexity index is 1620. The Labute approximate surface area is 275 Å². The maximum Gasteiger partial charge on any atom is 0.251 e. The van der Waals surface area contributed by atoms with E-state index in [1.807, 2.05) is 42.5 Å². The third-order valence-electron chi connectivity index (χ3n) is 8.56. The molecule has 2 unspecified atom stereocenters. The number of likely N-dealkylation sites (tertiary alicyclic amines) is 1. The van der Waals surface area contributed by atoms with Gasteiger partial charge in [0.2, 0.25) is 11.8 Å². The number of benzene rings is 3. The zero-order chi connectivity index (χ0) is 33.2. The first-order chi connectivity index (χ1) is 22.8. The number of aromatic nitrogens is 2. The number of ether oxygens (including phenoxy) is 2. The largest absolute Gasteiger partial charge is 0.497 e. The first-order valence-corrected chi connectivity index (χ1v) is 16.1. The van der Waals surface area contributed by atoms with Crippen molar-refractivity contribution in [2.45, 2.75) is 57.2 Å². The Kier molecular flexibility index (Phi) is 11.1. The van der Waals surface area contributed by atoms with Crippen LogP contribution in [0.2, 0.25) is 0 Å². The average molecular weight is 638 g/mol. The third kappa shape index (κ3) is 8.26.